The van der Waals surface area contributed by atoms with Crippen LogP contribution in [-0.2, 0) is 28.7 Å². The predicted molar refractivity (Wildman–Crippen MR) is 168 cm³/mol. The third-order valence-corrected chi connectivity index (χ3v) is 8.89. The van der Waals surface area contributed by atoms with E-state index in [-0.39, 0.29) is 25.4 Å². The van der Waals surface area contributed by atoms with Gasteiger partial charge < -0.3 is 18.9 Å². The van der Waals surface area contributed by atoms with Gasteiger partial charge in [0.25, 0.3) is 0 Å². The first-order chi connectivity index (χ1) is 22.8. The maximum Gasteiger partial charge on any atom is 0.321 e. The SMILES string of the molecule is O=C1CC(C2CC3C(=O)OC(=O)C3c3cc(OCOc4ccc(-c5ccc(C=CC(=O)c6ccccc6)cc5)cc4)ccc32)C(=O)O1. The van der Waals surface area contributed by atoms with E-state index in [0.717, 1.165) is 16.7 Å². The molecule has 2 fully saturated rings. The highest BCUT2D eigenvalue weighted by Crippen LogP contribution is 2.51. The van der Waals surface area contributed by atoms with Gasteiger partial charge in [0.05, 0.1) is 24.2 Å². The second-order valence-corrected chi connectivity index (χ2v) is 11.7. The van der Waals surface area contributed by atoms with E-state index in [1.807, 2.05) is 66.7 Å². The number of carbonyl (C=O) groups is 5. The maximum absolute atomic E-state index is 12.6. The smallest absolute Gasteiger partial charge is 0.321 e. The van der Waals surface area contributed by atoms with Crippen molar-refractivity contribution in [2.24, 2.45) is 11.8 Å². The third kappa shape index (κ3) is 6.07. The molecule has 2 heterocycles. The average molecular weight is 629 g/mol. The van der Waals surface area contributed by atoms with Crippen LogP contribution in [-0.4, -0.2) is 36.5 Å². The van der Waals surface area contributed by atoms with Gasteiger partial charge in [0.1, 0.15) is 11.5 Å². The van der Waals surface area contributed by atoms with Crippen LogP contribution >= 0.6 is 0 Å². The Kier molecular flexibility index (Phi) is 7.95. The first-order valence-corrected chi connectivity index (χ1v) is 15.2. The molecule has 47 heavy (non-hydrogen) atoms. The summed E-state index contributed by atoms with van der Waals surface area (Å²) in [6.45, 7) is -0.120. The number of benzene rings is 4. The molecule has 0 spiro atoms. The Morgan fingerprint density at radius 3 is 2.04 bits per heavy atom. The van der Waals surface area contributed by atoms with Crippen LogP contribution in [0, 0.1) is 11.8 Å². The molecule has 4 aromatic rings. The minimum atomic E-state index is -0.805. The maximum atomic E-state index is 12.6. The highest BCUT2D eigenvalue weighted by Gasteiger charge is 2.53. The van der Waals surface area contributed by atoms with E-state index in [0.29, 0.717) is 28.2 Å². The van der Waals surface area contributed by atoms with Crippen LogP contribution in [0.5, 0.6) is 11.5 Å². The second-order valence-electron chi connectivity index (χ2n) is 11.7. The molecule has 0 aromatic heterocycles. The topological polar surface area (TPSA) is 122 Å². The van der Waals surface area contributed by atoms with Crippen molar-refractivity contribution < 1.29 is 42.9 Å². The van der Waals surface area contributed by atoms with E-state index in [1.54, 1.807) is 42.5 Å². The van der Waals surface area contributed by atoms with Gasteiger partial charge in [-0.25, -0.2) is 0 Å². The van der Waals surface area contributed by atoms with Crippen molar-refractivity contribution in [1.29, 1.82) is 0 Å². The fourth-order valence-corrected chi connectivity index (χ4v) is 6.51. The monoisotopic (exact) mass is 628 g/mol. The predicted octanol–water partition coefficient (Wildman–Crippen LogP) is 6.03. The van der Waals surface area contributed by atoms with Crippen molar-refractivity contribution in [3.63, 3.8) is 0 Å². The van der Waals surface area contributed by atoms with Crippen LogP contribution in [0.3, 0.4) is 0 Å². The summed E-state index contributed by atoms with van der Waals surface area (Å²) >= 11 is 0. The largest absolute Gasteiger partial charge is 0.458 e. The molecule has 0 N–H and O–H groups in total. The molecule has 4 aromatic carbocycles. The van der Waals surface area contributed by atoms with E-state index in [9.17, 15) is 24.0 Å². The molecular formula is C38H28O9. The number of rotatable bonds is 9. The number of esters is 4. The van der Waals surface area contributed by atoms with Crippen molar-refractivity contribution in [2.75, 3.05) is 6.79 Å². The summed E-state index contributed by atoms with van der Waals surface area (Å²) in [5.41, 5.74) is 4.78. The lowest BCUT2D eigenvalue weighted by molar-refractivity contribution is -0.155. The highest BCUT2D eigenvalue weighted by atomic mass is 16.7. The van der Waals surface area contributed by atoms with Gasteiger partial charge in [-0.1, -0.05) is 78.9 Å². The Labute approximate surface area is 269 Å². The first kappa shape index (κ1) is 29.9. The molecule has 9 heteroatoms. The Hall–Kier alpha value is -5.83. The van der Waals surface area contributed by atoms with Gasteiger partial charge in [0.15, 0.2) is 5.78 Å². The van der Waals surface area contributed by atoms with Gasteiger partial charge in [0, 0.05) is 5.56 Å². The Balaban J connectivity index is 0.988. The molecule has 7 rings (SSSR count). The normalized spacial score (nSPS) is 21.6. The summed E-state index contributed by atoms with van der Waals surface area (Å²) in [5.74, 6) is -4.29. The van der Waals surface area contributed by atoms with Gasteiger partial charge >= 0.3 is 23.9 Å². The van der Waals surface area contributed by atoms with E-state index in [4.69, 9.17) is 18.9 Å². The first-order valence-electron chi connectivity index (χ1n) is 15.2. The van der Waals surface area contributed by atoms with Crippen molar-refractivity contribution in [3.05, 3.63) is 125 Å². The zero-order chi connectivity index (χ0) is 32.5. The molecule has 2 saturated heterocycles. The molecule has 0 bridgehead atoms. The van der Waals surface area contributed by atoms with Gasteiger partial charge in [0.2, 0.25) is 6.79 Å². The lowest BCUT2D eigenvalue weighted by Crippen LogP contribution is -2.31. The summed E-state index contributed by atoms with van der Waals surface area (Å²) in [4.78, 5) is 61.6. The van der Waals surface area contributed by atoms with E-state index in [2.05, 4.69) is 0 Å². The fourth-order valence-electron chi connectivity index (χ4n) is 6.51. The van der Waals surface area contributed by atoms with Crippen molar-refractivity contribution >= 4 is 35.7 Å². The number of cyclic esters (lactones) is 4. The number of allylic oxidation sites excluding steroid dienone is 1. The molecule has 0 amide bonds. The van der Waals surface area contributed by atoms with Crippen LogP contribution in [0.2, 0.25) is 0 Å². The molecule has 2 aliphatic heterocycles. The standard InChI is InChI=1S/C38H28O9/c39-33(25-4-2-1-3-5-25)17-8-22-6-9-23(10-7-22)24-11-13-26(14-12-24)44-21-45-27-15-16-28-29(31-20-34(40)46-36(31)41)19-32-35(30(28)18-27)38(43)47-37(32)42/h1-18,29,31-32,35H,19-21H2. The zero-order valence-electron chi connectivity index (χ0n) is 25.0. The molecule has 1 aliphatic carbocycles. The Morgan fingerprint density at radius 1 is 0.681 bits per heavy atom. The third-order valence-electron chi connectivity index (χ3n) is 8.89. The van der Waals surface area contributed by atoms with Gasteiger partial charge in [-0.05, 0) is 70.5 Å². The summed E-state index contributed by atoms with van der Waals surface area (Å²) < 4.78 is 21.4. The van der Waals surface area contributed by atoms with Crippen molar-refractivity contribution in [2.45, 2.75) is 24.7 Å². The summed E-state index contributed by atoms with van der Waals surface area (Å²) in [7, 11) is 0. The lowest BCUT2D eigenvalue weighted by Gasteiger charge is -2.33. The highest BCUT2D eigenvalue weighted by molar-refractivity contribution is 6.06. The molecule has 234 valence electrons. The lowest BCUT2D eigenvalue weighted by atomic mass is 9.67. The minimum absolute atomic E-state index is 0.0514. The Bertz CT molecular complexity index is 1910. The van der Waals surface area contributed by atoms with Gasteiger partial charge in [-0.3, -0.25) is 24.0 Å². The molecule has 0 saturated carbocycles. The van der Waals surface area contributed by atoms with Crippen molar-refractivity contribution in [1.82, 2.24) is 0 Å². The quantitative estimate of drug-likeness (QED) is 0.0719. The molecule has 4 unspecified atom stereocenters. The number of ether oxygens (including phenoxy) is 4. The average Bonchev–Trinajstić information content (AvgIpc) is 3.59. The van der Waals surface area contributed by atoms with Gasteiger partial charge in [-0.2, -0.15) is 0 Å². The molecule has 9 nitrogen and oxygen atoms in total. The fraction of sp³-hybridized carbons (Fsp3) is 0.184. The van der Waals surface area contributed by atoms with Crippen LogP contribution in [0.15, 0.2) is 103 Å². The van der Waals surface area contributed by atoms with Crippen LogP contribution in [0.25, 0.3) is 17.2 Å². The van der Waals surface area contributed by atoms with E-state index >= 15 is 0 Å². The molecule has 0 radical (unpaired) electrons. The summed E-state index contributed by atoms with van der Waals surface area (Å²) in [6, 6.07) is 29.6. The molecule has 3 aliphatic rings. The number of carbonyl (C=O) groups excluding carboxylic acids is 5. The number of hydrogen-bond donors (Lipinski definition) is 0. The summed E-state index contributed by atoms with van der Waals surface area (Å²) in [6.07, 6.45) is 3.50. The summed E-state index contributed by atoms with van der Waals surface area (Å²) in [5, 5.41) is 0. The second kappa shape index (κ2) is 12.5. The zero-order valence-corrected chi connectivity index (χ0v) is 25.0. The molecule has 4 atom stereocenters. The van der Waals surface area contributed by atoms with Crippen molar-refractivity contribution in [3.8, 4) is 22.6 Å². The number of fused-ring (bicyclic) bond motifs is 3. The minimum Gasteiger partial charge on any atom is -0.458 e. The number of hydrogen-bond acceptors (Lipinski definition) is 9. The van der Waals surface area contributed by atoms with E-state index in [1.165, 1.54) is 0 Å². The van der Waals surface area contributed by atoms with Crippen LogP contribution < -0.4 is 9.47 Å². The Morgan fingerprint density at radius 2 is 1.34 bits per heavy atom. The van der Waals surface area contributed by atoms with Crippen LogP contribution in [0.4, 0.5) is 0 Å². The molecular weight excluding hydrogens is 600 g/mol. The van der Waals surface area contributed by atoms with Crippen LogP contribution in [0.1, 0.15) is 51.7 Å². The van der Waals surface area contributed by atoms with Gasteiger partial charge in [-0.15, -0.1) is 0 Å². The van der Waals surface area contributed by atoms with E-state index < -0.39 is 47.5 Å². The number of ketones is 1.